The molecule has 0 unspecified atom stereocenters. The van der Waals surface area contributed by atoms with Gasteiger partial charge in [-0.05, 0) is 55.2 Å². The summed E-state index contributed by atoms with van der Waals surface area (Å²) >= 11 is 0. The van der Waals surface area contributed by atoms with E-state index in [0.29, 0.717) is 18.0 Å². The number of carbonyl (C=O) groups is 2. The van der Waals surface area contributed by atoms with E-state index in [9.17, 15) is 9.59 Å². The Morgan fingerprint density at radius 3 is 2.52 bits per heavy atom. The monoisotopic (exact) mass is 286 g/mol. The molecule has 1 aromatic rings. The van der Waals surface area contributed by atoms with Crippen molar-refractivity contribution in [2.45, 2.75) is 39.0 Å². The molecule has 1 aromatic carbocycles. The molecule has 0 aliphatic heterocycles. The smallest absolute Gasteiger partial charge is 0.224 e. The lowest BCUT2D eigenvalue weighted by molar-refractivity contribution is -0.117. The van der Waals surface area contributed by atoms with Crippen molar-refractivity contribution in [2.75, 3.05) is 10.6 Å². The number of fused-ring (bicyclic) bond motifs is 2. The first kappa shape index (κ1) is 14.1. The van der Waals surface area contributed by atoms with E-state index in [4.69, 9.17) is 0 Å². The molecule has 2 amide bonds. The van der Waals surface area contributed by atoms with E-state index in [1.54, 1.807) is 6.07 Å². The molecule has 3 rings (SSSR count). The van der Waals surface area contributed by atoms with Crippen LogP contribution >= 0.6 is 0 Å². The Hall–Kier alpha value is -1.84. The van der Waals surface area contributed by atoms with Gasteiger partial charge in [-0.15, -0.1) is 0 Å². The van der Waals surface area contributed by atoms with Gasteiger partial charge in [-0.2, -0.15) is 0 Å². The molecule has 4 heteroatoms. The zero-order valence-electron chi connectivity index (χ0n) is 12.4. The Bertz CT molecular complexity index is 555. The summed E-state index contributed by atoms with van der Waals surface area (Å²) in [7, 11) is 0. The number of hydrogen-bond donors (Lipinski definition) is 2. The Balaban J connectivity index is 1.56. The molecule has 0 heterocycles. The van der Waals surface area contributed by atoms with Gasteiger partial charge in [-0.3, -0.25) is 9.59 Å². The van der Waals surface area contributed by atoms with Crippen molar-refractivity contribution >= 4 is 23.2 Å². The fraction of sp³-hybridized carbons (Fsp3) is 0.529. The summed E-state index contributed by atoms with van der Waals surface area (Å²) in [4.78, 5) is 23.2. The summed E-state index contributed by atoms with van der Waals surface area (Å²) in [5.41, 5.74) is 1.45. The first-order valence-electron chi connectivity index (χ1n) is 7.77. The lowest BCUT2D eigenvalue weighted by atomic mass is 9.86. The van der Waals surface area contributed by atoms with Crippen molar-refractivity contribution in [3.05, 3.63) is 24.3 Å². The highest BCUT2D eigenvalue weighted by atomic mass is 16.2. The number of anilines is 2. The van der Waals surface area contributed by atoms with Gasteiger partial charge >= 0.3 is 0 Å². The number of carbonyl (C=O) groups excluding carboxylic acids is 2. The molecule has 2 aliphatic rings. The van der Waals surface area contributed by atoms with Crippen LogP contribution in [0.1, 0.15) is 39.0 Å². The predicted molar refractivity (Wildman–Crippen MR) is 82.9 cm³/mol. The van der Waals surface area contributed by atoms with Crippen LogP contribution in [0.4, 0.5) is 11.4 Å². The summed E-state index contributed by atoms with van der Waals surface area (Å²) in [6.07, 6.45) is 5.85. The second-order valence-corrected chi connectivity index (χ2v) is 6.45. The highest BCUT2D eigenvalue weighted by molar-refractivity contribution is 5.93. The van der Waals surface area contributed by atoms with E-state index in [1.807, 2.05) is 18.2 Å². The minimum Gasteiger partial charge on any atom is -0.326 e. The fourth-order valence-corrected chi connectivity index (χ4v) is 3.95. The van der Waals surface area contributed by atoms with E-state index in [1.165, 1.54) is 32.6 Å². The van der Waals surface area contributed by atoms with Crippen molar-refractivity contribution in [1.82, 2.24) is 0 Å². The number of benzene rings is 1. The zero-order valence-corrected chi connectivity index (χ0v) is 12.4. The van der Waals surface area contributed by atoms with E-state index in [0.717, 1.165) is 17.5 Å². The zero-order chi connectivity index (χ0) is 14.8. The summed E-state index contributed by atoms with van der Waals surface area (Å²) in [5.74, 6) is 2.19. The lowest BCUT2D eigenvalue weighted by Gasteiger charge is -2.21. The van der Waals surface area contributed by atoms with Gasteiger partial charge in [0.2, 0.25) is 11.8 Å². The maximum absolute atomic E-state index is 12.2. The normalized spacial score (nSPS) is 26.6. The SMILES string of the molecule is CC(=O)Nc1cccc(NC(=O)C[C@@H]2C[C@H]3CC[C@H]2C3)c1. The van der Waals surface area contributed by atoms with Crippen molar-refractivity contribution in [2.24, 2.45) is 17.8 Å². The van der Waals surface area contributed by atoms with Gasteiger partial charge in [0.05, 0.1) is 0 Å². The van der Waals surface area contributed by atoms with Crippen molar-refractivity contribution in [1.29, 1.82) is 0 Å². The molecule has 0 saturated heterocycles. The Morgan fingerprint density at radius 1 is 1.14 bits per heavy atom. The van der Waals surface area contributed by atoms with Gasteiger partial charge < -0.3 is 10.6 Å². The van der Waals surface area contributed by atoms with Crippen molar-refractivity contribution in [3.63, 3.8) is 0 Å². The predicted octanol–water partition coefficient (Wildman–Crippen LogP) is 3.41. The van der Waals surface area contributed by atoms with Crippen molar-refractivity contribution in [3.8, 4) is 0 Å². The molecule has 0 aromatic heterocycles. The van der Waals surface area contributed by atoms with E-state index in [2.05, 4.69) is 10.6 Å². The Morgan fingerprint density at radius 2 is 1.90 bits per heavy atom. The summed E-state index contributed by atoms with van der Waals surface area (Å²) in [6.45, 7) is 1.47. The molecule has 2 bridgehead atoms. The van der Waals surface area contributed by atoms with Gasteiger partial charge in [-0.25, -0.2) is 0 Å². The third kappa shape index (κ3) is 3.43. The van der Waals surface area contributed by atoms with Crippen LogP contribution in [0.25, 0.3) is 0 Å². The highest BCUT2D eigenvalue weighted by Gasteiger charge is 2.40. The molecule has 0 radical (unpaired) electrons. The molecular formula is C17H22N2O2. The van der Waals surface area contributed by atoms with Crippen LogP contribution in [0.15, 0.2) is 24.3 Å². The van der Waals surface area contributed by atoms with Crippen LogP contribution < -0.4 is 10.6 Å². The van der Waals surface area contributed by atoms with Crippen LogP contribution in [0.2, 0.25) is 0 Å². The number of amides is 2. The largest absolute Gasteiger partial charge is 0.326 e. The van der Waals surface area contributed by atoms with Gasteiger partial charge in [0.15, 0.2) is 0 Å². The molecule has 3 atom stereocenters. The average molecular weight is 286 g/mol. The van der Waals surface area contributed by atoms with E-state index in [-0.39, 0.29) is 11.8 Å². The second kappa shape index (κ2) is 5.88. The molecule has 0 spiro atoms. The summed E-state index contributed by atoms with van der Waals surface area (Å²) in [5, 5.41) is 5.67. The lowest BCUT2D eigenvalue weighted by Crippen LogP contribution is -2.20. The molecule has 2 saturated carbocycles. The molecule has 4 nitrogen and oxygen atoms in total. The maximum Gasteiger partial charge on any atom is 0.224 e. The number of rotatable bonds is 4. The minimum atomic E-state index is -0.111. The molecule has 2 aliphatic carbocycles. The van der Waals surface area contributed by atoms with Crippen LogP contribution in [0, 0.1) is 17.8 Å². The molecule has 21 heavy (non-hydrogen) atoms. The van der Waals surface area contributed by atoms with Crippen LogP contribution in [0.5, 0.6) is 0 Å². The van der Waals surface area contributed by atoms with Crippen molar-refractivity contribution < 1.29 is 9.59 Å². The topological polar surface area (TPSA) is 58.2 Å². The van der Waals surface area contributed by atoms with Crippen LogP contribution in [0.3, 0.4) is 0 Å². The number of nitrogens with one attached hydrogen (secondary N) is 2. The third-order valence-corrected chi connectivity index (χ3v) is 4.80. The van der Waals surface area contributed by atoms with Crippen LogP contribution in [-0.2, 0) is 9.59 Å². The fourth-order valence-electron chi connectivity index (χ4n) is 3.95. The summed E-state index contributed by atoms with van der Waals surface area (Å²) in [6, 6.07) is 7.29. The summed E-state index contributed by atoms with van der Waals surface area (Å²) < 4.78 is 0. The molecule has 112 valence electrons. The minimum absolute atomic E-state index is 0.0903. The van der Waals surface area contributed by atoms with Gasteiger partial charge in [-0.1, -0.05) is 12.5 Å². The molecular weight excluding hydrogens is 264 g/mol. The van der Waals surface area contributed by atoms with Gasteiger partial charge in [0.25, 0.3) is 0 Å². The van der Waals surface area contributed by atoms with E-state index < -0.39 is 0 Å². The highest BCUT2D eigenvalue weighted by Crippen LogP contribution is 2.49. The Labute approximate surface area is 125 Å². The first-order chi connectivity index (χ1) is 10.1. The third-order valence-electron chi connectivity index (χ3n) is 4.80. The quantitative estimate of drug-likeness (QED) is 0.891. The van der Waals surface area contributed by atoms with E-state index >= 15 is 0 Å². The maximum atomic E-state index is 12.2. The van der Waals surface area contributed by atoms with Crippen LogP contribution in [-0.4, -0.2) is 11.8 Å². The number of hydrogen-bond acceptors (Lipinski definition) is 2. The average Bonchev–Trinajstić information content (AvgIpc) is 3.00. The molecule has 2 N–H and O–H groups in total. The van der Waals surface area contributed by atoms with Gasteiger partial charge in [0.1, 0.15) is 0 Å². The van der Waals surface area contributed by atoms with Gasteiger partial charge in [0, 0.05) is 24.7 Å². The Kier molecular flexibility index (Phi) is 3.95. The standard InChI is InChI=1S/C17H22N2O2/c1-11(20)18-15-3-2-4-16(10-15)19-17(21)9-14-8-12-5-6-13(14)7-12/h2-4,10,12-14H,5-9H2,1H3,(H,18,20)(H,19,21)/t12-,13-,14-/m0/s1. The second-order valence-electron chi connectivity index (χ2n) is 6.45. The first-order valence-corrected chi connectivity index (χ1v) is 7.77. The molecule has 2 fully saturated rings.